The largest absolute Gasteiger partial charge is 0.416 e. The van der Waals surface area contributed by atoms with Gasteiger partial charge in [0.15, 0.2) is 0 Å². The summed E-state index contributed by atoms with van der Waals surface area (Å²) in [7, 11) is 0. The van der Waals surface area contributed by atoms with Gasteiger partial charge in [-0.1, -0.05) is 11.6 Å². The zero-order chi connectivity index (χ0) is 14.0. The van der Waals surface area contributed by atoms with Crippen LogP contribution in [0.5, 0.6) is 0 Å². The van der Waals surface area contributed by atoms with Crippen molar-refractivity contribution in [1.82, 2.24) is 10.2 Å². The van der Waals surface area contributed by atoms with Gasteiger partial charge in [-0.05, 0) is 30.7 Å². The highest BCUT2D eigenvalue weighted by Crippen LogP contribution is 2.35. The molecular weight excluding hydrogens is 277 g/mol. The second kappa shape index (κ2) is 5.69. The highest BCUT2D eigenvalue weighted by atomic mass is 35.5. The molecule has 1 aliphatic rings. The zero-order valence-electron chi connectivity index (χ0n) is 10.6. The van der Waals surface area contributed by atoms with Crippen molar-refractivity contribution >= 4 is 11.6 Å². The summed E-state index contributed by atoms with van der Waals surface area (Å²) in [6, 6.07) is 3.40. The summed E-state index contributed by atoms with van der Waals surface area (Å²) in [4.78, 5) is 2.14. The molecule has 1 saturated heterocycles. The third-order valence-electron chi connectivity index (χ3n) is 3.47. The minimum Gasteiger partial charge on any atom is -0.314 e. The molecule has 1 N–H and O–H groups in total. The van der Waals surface area contributed by atoms with Crippen molar-refractivity contribution in [3.63, 3.8) is 0 Å². The predicted octanol–water partition coefficient (Wildman–Crippen LogP) is 3.33. The van der Waals surface area contributed by atoms with Crippen LogP contribution >= 0.6 is 11.6 Å². The van der Waals surface area contributed by atoms with Gasteiger partial charge < -0.3 is 5.32 Å². The van der Waals surface area contributed by atoms with Gasteiger partial charge in [-0.2, -0.15) is 13.2 Å². The van der Waals surface area contributed by atoms with Gasteiger partial charge in [0, 0.05) is 37.2 Å². The smallest absolute Gasteiger partial charge is 0.314 e. The Morgan fingerprint density at radius 1 is 1.26 bits per heavy atom. The molecule has 1 aliphatic heterocycles. The highest BCUT2D eigenvalue weighted by molar-refractivity contribution is 6.31. The molecule has 0 bridgehead atoms. The van der Waals surface area contributed by atoms with Gasteiger partial charge in [-0.25, -0.2) is 0 Å². The number of alkyl halides is 3. The van der Waals surface area contributed by atoms with Gasteiger partial charge in [-0.15, -0.1) is 0 Å². The number of nitrogens with zero attached hydrogens (tertiary/aromatic N) is 1. The first-order valence-corrected chi connectivity index (χ1v) is 6.59. The second-order valence-corrected chi connectivity index (χ2v) is 5.10. The number of benzene rings is 1. The van der Waals surface area contributed by atoms with Gasteiger partial charge in [0.05, 0.1) is 5.56 Å². The Balaban J connectivity index is 2.27. The van der Waals surface area contributed by atoms with Crippen LogP contribution in [0.25, 0.3) is 0 Å². The Morgan fingerprint density at radius 2 is 1.89 bits per heavy atom. The first-order valence-electron chi connectivity index (χ1n) is 6.21. The highest BCUT2D eigenvalue weighted by Gasteiger charge is 2.32. The number of rotatable bonds is 2. The van der Waals surface area contributed by atoms with Crippen LogP contribution in [0.2, 0.25) is 5.02 Å². The molecule has 0 unspecified atom stereocenters. The Bertz CT molecular complexity index is 442. The molecule has 2 rings (SSSR count). The molecule has 1 fully saturated rings. The summed E-state index contributed by atoms with van der Waals surface area (Å²) in [5.41, 5.74) is -0.104. The van der Waals surface area contributed by atoms with Crippen molar-refractivity contribution < 1.29 is 13.2 Å². The molecule has 6 heteroatoms. The fourth-order valence-electron chi connectivity index (χ4n) is 2.31. The Hall–Kier alpha value is -0.780. The van der Waals surface area contributed by atoms with Crippen molar-refractivity contribution in [2.24, 2.45) is 0 Å². The maximum Gasteiger partial charge on any atom is 0.416 e. The van der Waals surface area contributed by atoms with E-state index < -0.39 is 11.7 Å². The summed E-state index contributed by atoms with van der Waals surface area (Å²) in [5, 5.41) is 3.60. The van der Waals surface area contributed by atoms with Gasteiger partial charge in [0.1, 0.15) is 0 Å². The Kier molecular flexibility index (Phi) is 4.38. The average Bonchev–Trinajstić information content (AvgIpc) is 2.38. The fourth-order valence-corrected chi connectivity index (χ4v) is 2.58. The standard InChI is InChI=1S/C13H16ClF3N2/c1-9(19-6-4-18-5-7-19)11-8-10(13(15,16)17)2-3-12(11)14/h2-3,8-9,18H,4-7H2,1H3/t9-/m0/s1. The Labute approximate surface area is 115 Å². The van der Waals surface area contributed by atoms with Crippen LogP contribution in [0.1, 0.15) is 24.1 Å². The lowest BCUT2D eigenvalue weighted by molar-refractivity contribution is -0.137. The number of halogens is 4. The van der Waals surface area contributed by atoms with Crippen molar-refractivity contribution in [3.05, 3.63) is 34.3 Å². The minimum atomic E-state index is -4.33. The van der Waals surface area contributed by atoms with Crippen LogP contribution in [0, 0.1) is 0 Å². The van der Waals surface area contributed by atoms with E-state index in [0.717, 1.165) is 38.3 Å². The van der Waals surface area contributed by atoms with Gasteiger partial charge in [0.2, 0.25) is 0 Å². The van der Waals surface area contributed by atoms with Crippen LogP contribution < -0.4 is 5.32 Å². The molecule has 0 spiro atoms. The van der Waals surface area contributed by atoms with Crippen LogP contribution in [0.4, 0.5) is 13.2 Å². The maximum atomic E-state index is 12.7. The molecule has 106 valence electrons. The van der Waals surface area contributed by atoms with Crippen molar-refractivity contribution in [2.75, 3.05) is 26.2 Å². The summed E-state index contributed by atoms with van der Waals surface area (Å²) in [5.74, 6) is 0. The lowest BCUT2D eigenvalue weighted by Gasteiger charge is -2.33. The number of hydrogen-bond donors (Lipinski definition) is 1. The number of hydrogen-bond acceptors (Lipinski definition) is 2. The molecule has 0 saturated carbocycles. The molecule has 0 aliphatic carbocycles. The predicted molar refractivity (Wildman–Crippen MR) is 69.3 cm³/mol. The third-order valence-corrected chi connectivity index (χ3v) is 3.82. The average molecular weight is 293 g/mol. The summed E-state index contributed by atoms with van der Waals surface area (Å²) in [6.07, 6.45) is -4.33. The molecule has 1 aromatic rings. The molecule has 1 aromatic carbocycles. The molecule has 0 radical (unpaired) electrons. The van der Waals surface area contributed by atoms with Crippen LogP contribution in [0.15, 0.2) is 18.2 Å². The van der Waals surface area contributed by atoms with Gasteiger partial charge in [0.25, 0.3) is 0 Å². The van der Waals surface area contributed by atoms with E-state index in [2.05, 4.69) is 10.2 Å². The SMILES string of the molecule is C[C@@H](c1cc(C(F)(F)F)ccc1Cl)N1CCNCC1. The Morgan fingerprint density at radius 3 is 2.47 bits per heavy atom. The van der Waals surface area contributed by atoms with E-state index in [0.29, 0.717) is 10.6 Å². The molecule has 1 heterocycles. The van der Waals surface area contributed by atoms with E-state index in [-0.39, 0.29) is 6.04 Å². The molecule has 0 amide bonds. The van der Waals surface area contributed by atoms with E-state index in [1.165, 1.54) is 6.07 Å². The normalized spacial score (nSPS) is 19.4. The van der Waals surface area contributed by atoms with E-state index in [4.69, 9.17) is 11.6 Å². The summed E-state index contributed by atoms with van der Waals surface area (Å²) in [6.45, 7) is 5.22. The minimum absolute atomic E-state index is 0.114. The first-order chi connectivity index (χ1) is 8.89. The van der Waals surface area contributed by atoms with E-state index in [1.807, 2.05) is 6.92 Å². The van der Waals surface area contributed by atoms with Crippen LogP contribution in [0.3, 0.4) is 0 Å². The van der Waals surface area contributed by atoms with E-state index >= 15 is 0 Å². The first kappa shape index (κ1) is 14.6. The summed E-state index contributed by atoms with van der Waals surface area (Å²) < 4.78 is 38.2. The quantitative estimate of drug-likeness (QED) is 0.899. The topological polar surface area (TPSA) is 15.3 Å². The monoisotopic (exact) mass is 292 g/mol. The molecule has 19 heavy (non-hydrogen) atoms. The maximum absolute atomic E-state index is 12.7. The molecule has 0 aromatic heterocycles. The van der Waals surface area contributed by atoms with Crippen LogP contribution in [-0.2, 0) is 6.18 Å². The fraction of sp³-hybridized carbons (Fsp3) is 0.538. The number of piperazine rings is 1. The lowest BCUT2D eigenvalue weighted by atomic mass is 10.0. The van der Waals surface area contributed by atoms with Crippen molar-refractivity contribution in [3.8, 4) is 0 Å². The summed E-state index contributed by atoms with van der Waals surface area (Å²) >= 11 is 6.05. The molecular formula is C13H16ClF3N2. The molecule has 1 atom stereocenters. The van der Waals surface area contributed by atoms with E-state index in [1.54, 1.807) is 0 Å². The van der Waals surface area contributed by atoms with Gasteiger partial charge in [-0.3, -0.25) is 4.90 Å². The second-order valence-electron chi connectivity index (χ2n) is 4.70. The van der Waals surface area contributed by atoms with Crippen LogP contribution in [-0.4, -0.2) is 31.1 Å². The third kappa shape index (κ3) is 3.41. The lowest BCUT2D eigenvalue weighted by Crippen LogP contribution is -2.44. The zero-order valence-corrected chi connectivity index (χ0v) is 11.4. The molecule has 2 nitrogen and oxygen atoms in total. The van der Waals surface area contributed by atoms with E-state index in [9.17, 15) is 13.2 Å². The van der Waals surface area contributed by atoms with Crippen molar-refractivity contribution in [1.29, 1.82) is 0 Å². The van der Waals surface area contributed by atoms with Gasteiger partial charge >= 0.3 is 6.18 Å². The van der Waals surface area contributed by atoms with Crippen molar-refractivity contribution in [2.45, 2.75) is 19.1 Å². The number of nitrogens with one attached hydrogen (secondary N) is 1.